The predicted octanol–water partition coefficient (Wildman–Crippen LogP) is 4.09. The average molecular weight is 374 g/mol. The third kappa shape index (κ3) is 4.21. The van der Waals surface area contributed by atoms with Gasteiger partial charge in [0.05, 0.1) is 12.2 Å². The van der Waals surface area contributed by atoms with E-state index in [0.29, 0.717) is 17.9 Å². The highest BCUT2D eigenvalue weighted by molar-refractivity contribution is 9.10. The van der Waals surface area contributed by atoms with Crippen LogP contribution in [0.2, 0.25) is 0 Å². The minimum absolute atomic E-state index is 0.589. The van der Waals surface area contributed by atoms with Crippen LogP contribution in [0.3, 0.4) is 0 Å². The van der Waals surface area contributed by atoms with Gasteiger partial charge in [0.2, 0.25) is 0 Å². The molecule has 3 rings (SSSR count). The Morgan fingerprint density at radius 2 is 2.00 bits per heavy atom. The third-order valence-corrected chi connectivity index (χ3v) is 4.68. The quantitative estimate of drug-likeness (QED) is 0.564. The third-order valence-electron chi connectivity index (χ3n) is 4.18. The standard InChI is InChI=1S/C19H20BrNO2/c20-18-6-7-19(17(12-18)14-22)23-11-3-9-21-10-8-15-4-1-2-5-16(15)13-21/h1-2,4-7,12,14H,3,8-11,13H2. The molecule has 23 heavy (non-hydrogen) atoms. The van der Waals surface area contributed by atoms with Gasteiger partial charge in [-0.25, -0.2) is 0 Å². The zero-order valence-corrected chi connectivity index (χ0v) is 14.6. The van der Waals surface area contributed by atoms with E-state index in [1.165, 1.54) is 11.1 Å². The van der Waals surface area contributed by atoms with Gasteiger partial charge in [-0.2, -0.15) is 0 Å². The number of benzene rings is 2. The van der Waals surface area contributed by atoms with Gasteiger partial charge in [-0.3, -0.25) is 9.69 Å². The highest BCUT2D eigenvalue weighted by Gasteiger charge is 2.15. The van der Waals surface area contributed by atoms with Crippen LogP contribution >= 0.6 is 15.9 Å². The fourth-order valence-electron chi connectivity index (χ4n) is 2.96. The number of nitrogens with zero attached hydrogens (tertiary/aromatic N) is 1. The first-order chi connectivity index (χ1) is 11.3. The molecule has 0 unspecified atom stereocenters. The molecule has 4 heteroatoms. The molecular weight excluding hydrogens is 354 g/mol. The van der Waals surface area contributed by atoms with Crippen molar-refractivity contribution in [3.8, 4) is 5.75 Å². The van der Waals surface area contributed by atoms with Crippen LogP contribution in [-0.4, -0.2) is 30.9 Å². The van der Waals surface area contributed by atoms with E-state index in [0.717, 1.165) is 43.2 Å². The largest absolute Gasteiger partial charge is 0.493 e. The van der Waals surface area contributed by atoms with Gasteiger partial charge in [0, 0.05) is 24.1 Å². The maximum atomic E-state index is 11.1. The lowest BCUT2D eigenvalue weighted by molar-refractivity contribution is 0.111. The maximum absolute atomic E-state index is 11.1. The highest BCUT2D eigenvalue weighted by atomic mass is 79.9. The fourth-order valence-corrected chi connectivity index (χ4v) is 3.34. The van der Waals surface area contributed by atoms with Gasteiger partial charge in [-0.15, -0.1) is 0 Å². The molecule has 0 N–H and O–H groups in total. The molecule has 120 valence electrons. The number of ether oxygens (including phenoxy) is 1. The summed E-state index contributed by atoms with van der Waals surface area (Å²) in [5, 5.41) is 0. The van der Waals surface area contributed by atoms with Crippen LogP contribution < -0.4 is 4.74 Å². The summed E-state index contributed by atoms with van der Waals surface area (Å²) in [6.07, 6.45) is 2.91. The fraction of sp³-hybridized carbons (Fsp3) is 0.316. The Balaban J connectivity index is 1.47. The molecule has 0 radical (unpaired) electrons. The van der Waals surface area contributed by atoms with Crippen molar-refractivity contribution in [1.82, 2.24) is 4.90 Å². The van der Waals surface area contributed by atoms with Crippen molar-refractivity contribution in [2.45, 2.75) is 19.4 Å². The van der Waals surface area contributed by atoms with Gasteiger partial charge in [0.1, 0.15) is 5.75 Å². The Bertz CT molecular complexity index is 687. The van der Waals surface area contributed by atoms with Crippen LogP contribution in [-0.2, 0) is 13.0 Å². The van der Waals surface area contributed by atoms with E-state index in [2.05, 4.69) is 45.1 Å². The molecule has 1 heterocycles. The summed E-state index contributed by atoms with van der Waals surface area (Å²) in [5.41, 5.74) is 3.51. The first-order valence-corrected chi connectivity index (χ1v) is 8.72. The molecule has 0 spiro atoms. The van der Waals surface area contributed by atoms with Crippen LogP contribution in [0, 0.1) is 0 Å². The summed E-state index contributed by atoms with van der Waals surface area (Å²) in [6, 6.07) is 14.2. The molecule has 2 aromatic carbocycles. The zero-order chi connectivity index (χ0) is 16.1. The van der Waals surface area contributed by atoms with Gasteiger partial charge in [0.25, 0.3) is 0 Å². The molecule has 0 amide bonds. The molecule has 0 saturated heterocycles. The lowest BCUT2D eigenvalue weighted by atomic mass is 10.00. The molecule has 0 atom stereocenters. The van der Waals surface area contributed by atoms with Crippen molar-refractivity contribution in [2.24, 2.45) is 0 Å². The second-order valence-electron chi connectivity index (χ2n) is 5.80. The molecule has 2 aromatic rings. The molecule has 0 aliphatic carbocycles. The van der Waals surface area contributed by atoms with Crippen LogP contribution in [0.1, 0.15) is 27.9 Å². The van der Waals surface area contributed by atoms with Crippen molar-refractivity contribution in [3.05, 3.63) is 63.6 Å². The molecule has 0 bridgehead atoms. The number of rotatable bonds is 6. The van der Waals surface area contributed by atoms with E-state index in [1.54, 1.807) is 6.07 Å². The first kappa shape index (κ1) is 16.2. The smallest absolute Gasteiger partial charge is 0.153 e. The van der Waals surface area contributed by atoms with Crippen LogP contribution in [0.25, 0.3) is 0 Å². The second kappa shape index (κ2) is 7.75. The normalized spacial score (nSPS) is 14.3. The summed E-state index contributed by atoms with van der Waals surface area (Å²) in [4.78, 5) is 13.5. The SMILES string of the molecule is O=Cc1cc(Br)ccc1OCCCN1CCc2ccccc2C1. The van der Waals surface area contributed by atoms with Gasteiger partial charge in [0.15, 0.2) is 6.29 Å². The van der Waals surface area contributed by atoms with E-state index in [-0.39, 0.29) is 0 Å². The van der Waals surface area contributed by atoms with Gasteiger partial charge >= 0.3 is 0 Å². The van der Waals surface area contributed by atoms with Crippen LogP contribution in [0.5, 0.6) is 5.75 Å². The zero-order valence-electron chi connectivity index (χ0n) is 13.0. The first-order valence-electron chi connectivity index (χ1n) is 7.93. The minimum atomic E-state index is 0.589. The summed E-state index contributed by atoms with van der Waals surface area (Å²) in [5.74, 6) is 0.659. The summed E-state index contributed by atoms with van der Waals surface area (Å²) in [7, 11) is 0. The monoisotopic (exact) mass is 373 g/mol. The Kier molecular flexibility index (Phi) is 5.47. The Labute approximate surface area is 145 Å². The van der Waals surface area contributed by atoms with E-state index >= 15 is 0 Å². The van der Waals surface area contributed by atoms with Crippen LogP contribution in [0.4, 0.5) is 0 Å². The van der Waals surface area contributed by atoms with E-state index < -0.39 is 0 Å². The lowest BCUT2D eigenvalue weighted by Crippen LogP contribution is -2.32. The Morgan fingerprint density at radius 1 is 1.17 bits per heavy atom. The Morgan fingerprint density at radius 3 is 2.83 bits per heavy atom. The number of hydrogen-bond donors (Lipinski definition) is 0. The number of halogens is 1. The summed E-state index contributed by atoms with van der Waals surface area (Å²) in [6.45, 7) is 3.77. The molecule has 0 aromatic heterocycles. The van der Waals surface area contributed by atoms with Crippen molar-refractivity contribution in [2.75, 3.05) is 19.7 Å². The molecule has 0 fully saturated rings. The maximum Gasteiger partial charge on any atom is 0.153 e. The van der Waals surface area contributed by atoms with Crippen molar-refractivity contribution < 1.29 is 9.53 Å². The number of carbonyl (C=O) groups excluding carboxylic acids is 1. The van der Waals surface area contributed by atoms with Gasteiger partial charge < -0.3 is 4.74 Å². The van der Waals surface area contributed by atoms with E-state index in [1.807, 2.05) is 12.1 Å². The number of fused-ring (bicyclic) bond motifs is 1. The average Bonchev–Trinajstić information content (AvgIpc) is 2.59. The molecule has 1 aliphatic rings. The van der Waals surface area contributed by atoms with Gasteiger partial charge in [-0.1, -0.05) is 40.2 Å². The van der Waals surface area contributed by atoms with Gasteiger partial charge in [-0.05, 0) is 42.2 Å². The molecule has 1 aliphatic heterocycles. The van der Waals surface area contributed by atoms with Crippen molar-refractivity contribution in [1.29, 1.82) is 0 Å². The summed E-state index contributed by atoms with van der Waals surface area (Å²) >= 11 is 3.36. The number of hydrogen-bond acceptors (Lipinski definition) is 3. The summed E-state index contributed by atoms with van der Waals surface area (Å²) < 4.78 is 6.65. The van der Waals surface area contributed by atoms with E-state index in [4.69, 9.17) is 4.74 Å². The Hall–Kier alpha value is -1.65. The second-order valence-corrected chi connectivity index (χ2v) is 6.71. The minimum Gasteiger partial charge on any atom is -0.493 e. The molecule has 0 saturated carbocycles. The topological polar surface area (TPSA) is 29.5 Å². The van der Waals surface area contributed by atoms with Crippen LogP contribution in [0.15, 0.2) is 46.9 Å². The van der Waals surface area contributed by atoms with Crippen molar-refractivity contribution >= 4 is 22.2 Å². The van der Waals surface area contributed by atoms with E-state index in [9.17, 15) is 4.79 Å². The number of aldehydes is 1. The molecular formula is C19H20BrNO2. The predicted molar refractivity (Wildman–Crippen MR) is 95.1 cm³/mol. The van der Waals surface area contributed by atoms with Crippen molar-refractivity contribution in [3.63, 3.8) is 0 Å². The number of carbonyl (C=O) groups is 1. The molecule has 3 nitrogen and oxygen atoms in total. The lowest BCUT2D eigenvalue weighted by Gasteiger charge is -2.28. The highest BCUT2D eigenvalue weighted by Crippen LogP contribution is 2.22.